The Balaban J connectivity index is 1.73. The molecule has 0 amide bonds. The number of allylic oxidation sites excluding steroid dienone is 10. The van der Waals surface area contributed by atoms with E-state index in [0.717, 1.165) is 89.9 Å². The van der Waals surface area contributed by atoms with Gasteiger partial charge in [-0.1, -0.05) is 150 Å². The summed E-state index contributed by atoms with van der Waals surface area (Å²) in [6, 6.07) is 0. The van der Waals surface area contributed by atoms with Crippen LogP contribution >= 0.6 is 0 Å². The molecule has 2 fully saturated rings. The van der Waals surface area contributed by atoms with Crippen LogP contribution in [0.25, 0.3) is 0 Å². The number of unbranched alkanes of at least 4 members (excludes halogenated alkanes) is 11. The summed E-state index contributed by atoms with van der Waals surface area (Å²) in [7, 11) is 0. The van der Waals surface area contributed by atoms with Gasteiger partial charge in [-0.05, 0) is 107 Å². The van der Waals surface area contributed by atoms with Gasteiger partial charge < -0.3 is 23.7 Å². The Labute approximate surface area is 386 Å². The van der Waals surface area contributed by atoms with Crippen molar-refractivity contribution >= 4 is 17.9 Å². The molecule has 2 heterocycles. The van der Waals surface area contributed by atoms with Gasteiger partial charge in [0.1, 0.15) is 12.2 Å². The highest BCUT2D eigenvalue weighted by Gasteiger charge is 2.37. The van der Waals surface area contributed by atoms with Crippen LogP contribution < -0.4 is 0 Å². The Kier molecular flexibility index (Phi) is 33.9. The largest absolute Gasteiger partial charge is 0.458 e. The van der Waals surface area contributed by atoms with Gasteiger partial charge in [-0.15, -0.1) is 0 Å². The van der Waals surface area contributed by atoms with E-state index in [-0.39, 0.29) is 56.5 Å². The highest BCUT2D eigenvalue weighted by Crippen LogP contribution is 2.27. The Hall–Kier alpha value is -5.17. The monoisotopic (exact) mass is 875 g/mol. The molecule has 0 bridgehead atoms. The van der Waals surface area contributed by atoms with E-state index in [1.165, 1.54) is 25.7 Å². The fourth-order valence-electron chi connectivity index (χ4n) is 6.10. The number of ether oxygens (including phenoxy) is 5. The third kappa shape index (κ3) is 33.4. The highest BCUT2D eigenvalue weighted by atomic mass is 16.7. The van der Waals surface area contributed by atoms with Crippen LogP contribution in [0.5, 0.6) is 0 Å². The first-order chi connectivity index (χ1) is 31.5. The summed E-state index contributed by atoms with van der Waals surface area (Å²) < 4.78 is 27.4. The van der Waals surface area contributed by atoms with Crippen molar-refractivity contribution < 1.29 is 38.1 Å². The fraction of sp³-hybridized carbons (Fsp3) is 0.589. The normalized spacial score (nSPS) is 17.6. The minimum atomic E-state index is -1.37. The van der Waals surface area contributed by atoms with Crippen molar-refractivity contribution in [1.29, 1.82) is 0 Å². The van der Waals surface area contributed by atoms with Crippen LogP contribution in [0.3, 0.4) is 0 Å². The number of epoxide rings is 2. The van der Waals surface area contributed by atoms with Gasteiger partial charge in [-0.25, -0.2) is 0 Å². The average Bonchev–Trinajstić information content (AvgIpc) is 4.22. The molecule has 5 atom stereocenters. The van der Waals surface area contributed by atoms with Crippen LogP contribution in [-0.2, 0) is 38.1 Å². The summed E-state index contributed by atoms with van der Waals surface area (Å²) in [4.78, 5) is 37.9. The van der Waals surface area contributed by atoms with Gasteiger partial charge >= 0.3 is 17.9 Å². The minimum absolute atomic E-state index is 0.00572. The molecule has 0 saturated carbocycles. The zero-order valence-electron chi connectivity index (χ0n) is 39.1. The van der Waals surface area contributed by atoms with Crippen molar-refractivity contribution in [2.24, 2.45) is 0 Å². The third-order valence-corrected chi connectivity index (χ3v) is 9.88. The summed E-state index contributed by atoms with van der Waals surface area (Å²) in [6.45, 7) is 6.02. The van der Waals surface area contributed by atoms with Crippen LogP contribution in [0, 0.1) is 59.2 Å². The SMILES string of the molecule is CC/C=C\C=C/CCC[C@H]1O[C@@H]1C#CC#CCCC(=O)OC[C@@H](OC(=O)CCC#CC#C[C@H]1O[C@@H]1CCC/C=C\C=C/CC)OC(=O)CCCCCCCC#C/C=C/CCCCCC. The van der Waals surface area contributed by atoms with Crippen molar-refractivity contribution in [3.05, 3.63) is 60.8 Å². The molecule has 2 aliphatic heterocycles. The predicted octanol–water partition coefficient (Wildman–Crippen LogP) is 11.7. The van der Waals surface area contributed by atoms with Crippen molar-refractivity contribution in [1.82, 2.24) is 0 Å². The maximum absolute atomic E-state index is 12.7. The van der Waals surface area contributed by atoms with E-state index in [9.17, 15) is 14.4 Å². The Morgan fingerprint density at radius 2 is 1.06 bits per heavy atom. The smallest absolute Gasteiger partial charge is 0.309 e. The van der Waals surface area contributed by atoms with Gasteiger partial charge in [-0.3, -0.25) is 14.4 Å². The number of hydrogen-bond donors (Lipinski definition) is 0. The zero-order chi connectivity index (χ0) is 46.0. The summed E-state index contributed by atoms with van der Waals surface area (Å²) in [5, 5.41) is 0. The molecule has 2 rings (SSSR count). The lowest BCUT2D eigenvalue weighted by molar-refractivity contribution is -0.199. The summed E-state index contributed by atoms with van der Waals surface area (Å²) >= 11 is 0. The van der Waals surface area contributed by atoms with Crippen molar-refractivity contribution in [3.8, 4) is 59.2 Å². The van der Waals surface area contributed by atoms with Gasteiger partial charge in [0.15, 0.2) is 6.61 Å². The highest BCUT2D eigenvalue weighted by molar-refractivity contribution is 5.72. The Bertz CT molecular complexity index is 1810. The number of hydrogen-bond acceptors (Lipinski definition) is 8. The molecule has 64 heavy (non-hydrogen) atoms. The zero-order valence-corrected chi connectivity index (χ0v) is 39.1. The van der Waals surface area contributed by atoms with Crippen molar-refractivity contribution in [2.75, 3.05) is 6.61 Å². The number of rotatable bonds is 32. The van der Waals surface area contributed by atoms with E-state index in [1.807, 2.05) is 6.08 Å². The molecule has 0 aromatic heterocycles. The average molecular weight is 875 g/mol. The second-order valence-electron chi connectivity index (χ2n) is 15.7. The topological polar surface area (TPSA) is 104 Å². The second-order valence-corrected chi connectivity index (χ2v) is 15.7. The molecular weight excluding hydrogens is 801 g/mol. The van der Waals surface area contributed by atoms with E-state index in [0.29, 0.717) is 6.42 Å². The van der Waals surface area contributed by atoms with Crippen LogP contribution in [0.1, 0.15) is 175 Å². The van der Waals surface area contributed by atoms with E-state index in [2.05, 4.69) is 135 Å². The number of carbonyl (C=O) groups is 3. The molecule has 2 aliphatic rings. The number of esters is 3. The van der Waals surface area contributed by atoms with Gasteiger partial charge in [0.05, 0.1) is 25.0 Å². The molecule has 0 N–H and O–H groups in total. The lowest BCUT2D eigenvalue weighted by atomic mass is 10.1. The summed E-state index contributed by atoms with van der Waals surface area (Å²) in [5.41, 5.74) is 0. The van der Waals surface area contributed by atoms with Gasteiger partial charge in [0.25, 0.3) is 6.29 Å². The molecule has 2 saturated heterocycles. The predicted molar refractivity (Wildman–Crippen MR) is 257 cm³/mol. The number of carbonyl (C=O) groups excluding carboxylic acids is 3. The van der Waals surface area contributed by atoms with Crippen molar-refractivity contribution in [3.63, 3.8) is 0 Å². The standard InChI is InChI=1S/C56H74O8/c1-4-7-10-13-16-17-18-19-20-21-22-23-26-29-39-46-54(58)63-56(64-55(59)47-40-33-31-37-44-52-50(62-52)42-35-28-25-15-12-9-6-3)48-60-53(57)45-38-32-30-36-43-51-49(61-51)41-34-27-24-14-11-8-5-2/h8-9,11-12,14-15,17-18,24-25,49-52,56H,4-7,10,13,16,21-23,26-29,34-35,38-42,45-48H2,1-3H3/b11-8-,12-9-,18-17+,24-14-,25-15-/t49-,50-,51-,52-,56-/m1/s1. The van der Waals surface area contributed by atoms with Gasteiger partial charge in [0.2, 0.25) is 0 Å². The molecular formula is C56H74O8. The lowest BCUT2D eigenvalue weighted by Gasteiger charge is -2.18. The first kappa shape index (κ1) is 55.0. The molecule has 0 unspecified atom stereocenters. The van der Waals surface area contributed by atoms with E-state index < -0.39 is 30.8 Å². The van der Waals surface area contributed by atoms with Crippen LogP contribution in [0.15, 0.2) is 60.8 Å². The third-order valence-electron chi connectivity index (χ3n) is 9.88. The fourth-order valence-corrected chi connectivity index (χ4v) is 6.10. The molecule has 8 heteroatoms. The molecule has 346 valence electrons. The van der Waals surface area contributed by atoms with E-state index >= 15 is 0 Å². The summed E-state index contributed by atoms with van der Waals surface area (Å²) in [6.07, 6.45) is 39.8. The maximum Gasteiger partial charge on any atom is 0.309 e. The van der Waals surface area contributed by atoms with E-state index in [1.54, 1.807) is 0 Å². The minimum Gasteiger partial charge on any atom is -0.458 e. The van der Waals surface area contributed by atoms with Crippen molar-refractivity contribution in [2.45, 2.75) is 206 Å². The Morgan fingerprint density at radius 1 is 0.531 bits per heavy atom. The Morgan fingerprint density at radius 3 is 1.67 bits per heavy atom. The molecule has 0 aromatic rings. The van der Waals surface area contributed by atoms with Crippen LogP contribution in [0.4, 0.5) is 0 Å². The molecule has 0 aliphatic carbocycles. The van der Waals surface area contributed by atoms with Crippen LogP contribution in [0.2, 0.25) is 0 Å². The van der Waals surface area contributed by atoms with Crippen LogP contribution in [-0.4, -0.2) is 55.2 Å². The molecule has 0 spiro atoms. The lowest BCUT2D eigenvalue weighted by Crippen LogP contribution is -2.30. The second kappa shape index (κ2) is 39.4. The molecule has 8 nitrogen and oxygen atoms in total. The summed E-state index contributed by atoms with van der Waals surface area (Å²) in [5.74, 6) is 27.5. The molecule has 0 aromatic carbocycles. The first-order valence-electron chi connectivity index (χ1n) is 24.1. The molecule has 0 radical (unpaired) electrons. The quantitative estimate of drug-likeness (QED) is 0.0164. The first-order valence-corrected chi connectivity index (χ1v) is 24.1. The van der Waals surface area contributed by atoms with Gasteiger partial charge in [0, 0.05) is 25.7 Å². The van der Waals surface area contributed by atoms with E-state index in [4.69, 9.17) is 23.7 Å². The maximum atomic E-state index is 12.7. The van der Waals surface area contributed by atoms with Gasteiger partial charge in [-0.2, -0.15) is 0 Å².